The van der Waals surface area contributed by atoms with E-state index >= 15 is 0 Å². The van der Waals surface area contributed by atoms with Crippen LogP contribution in [0.2, 0.25) is 0 Å². The Hall–Kier alpha value is -3.36. The molecule has 0 saturated heterocycles. The lowest BCUT2D eigenvalue weighted by Crippen LogP contribution is -2.48. The molecular weight excluding hydrogens is 447 g/mol. The number of carbonyl (C=O) groups is 2. The molecule has 5 rings (SSSR count). The number of nitrogens with one attached hydrogen (secondary N) is 1. The smallest absolute Gasteiger partial charge is 0.416 e. The monoisotopic (exact) mass is 471 g/mol. The van der Waals surface area contributed by atoms with Gasteiger partial charge in [-0.05, 0) is 49.4 Å². The highest BCUT2D eigenvalue weighted by Gasteiger charge is 2.59. The molecule has 34 heavy (non-hydrogen) atoms. The van der Waals surface area contributed by atoms with E-state index in [1.807, 2.05) is 6.07 Å². The molecule has 9 heteroatoms. The zero-order valence-corrected chi connectivity index (χ0v) is 18.3. The van der Waals surface area contributed by atoms with E-state index in [0.29, 0.717) is 23.1 Å². The Morgan fingerprint density at radius 2 is 1.85 bits per heavy atom. The summed E-state index contributed by atoms with van der Waals surface area (Å²) in [6.45, 7) is 0.209. The molecule has 2 aromatic carbocycles. The van der Waals surface area contributed by atoms with Gasteiger partial charge in [-0.2, -0.15) is 18.3 Å². The van der Waals surface area contributed by atoms with Crippen molar-refractivity contribution in [2.75, 3.05) is 0 Å². The summed E-state index contributed by atoms with van der Waals surface area (Å²) in [4.78, 5) is 25.1. The van der Waals surface area contributed by atoms with Crippen LogP contribution in [0.25, 0.3) is 10.9 Å². The third-order valence-corrected chi connectivity index (χ3v) is 7.32. The highest BCUT2D eigenvalue weighted by Crippen LogP contribution is 2.59. The highest BCUT2D eigenvalue weighted by molar-refractivity contribution is 6.05. The Morgan fingerprint density at radius 3 is 2.50 bits per heavy atom. The Kier molecular flexibility index (Phi) is 5.37. The second-order valence-corrected chi connectivity index (χ2v) is 9.32. The number of para-hydroxylation sites is 1. The van der Waals surface area contributed by atoms with Crippen molar-refractivity contribution in [2.24, 2.45) is 11.3 Å². The normalized spacial score (nSPS) is 21.5. The van der Waals surface area contributed by atoms with Crippen LogP contribution in [0.4, 0.5) is 13.2 Å². The van der Waals surface area contributed by atoms with E-state index < -0.39 is 23.6 Å². The predicted octanol–water partition coefficient (Wildman–Crippen LogP) is 4.87. The Bertz CT molecular complexity index is 1250. The first kappa shape index (κ1) is 22.4. The molecule has 2 saturated carbocycles. The fourth-order valence-electron chi connectivity index (χ4n) is 5.42. The average molecular weight is 471 g/mol. The Morgan fingerprint density at radius 1 is 1.12 bits per heavy atom. The van der Waals surface area contributed by atoms with Gasteiger partial charge in [0, 0.05) is 16.8 Å². The van der Waals surface area contributed by atoms with E-state index in [1.54, 1.807) is 23.0 Å². The number of carboxylic acid groups (broad SMARTS) is 1. The van der Waals surface area contributed by atoms with Crippen LogP contribution in [0.15, 0.2) is 48.7 Å². The van der Waals surface area contributed by atoms with Crippen LogP contribution in [-0.4, -0.2) is 32.8 Å². The van der Waals surface area contributed by atoms with Crippen LogP contribution in [0.3, 0.4) is 0 Å². The molecule has 2 aliphatic rings. The van der Waals surface area contributed by atoms with Gasteiger partial charge in [0.15, 0.2) is 0 Å². The number of aromatic nitrogens is 2. The maximum Gasteiger partial charge on any atom is 0.416 e. The molecule has 1 spiro atoms. The number of halogens is 3. The molecule has 3 aromatic rings. The van der Waals surface area contributed by atoms with Gasteiger partial charge in [-0.1, -0.05) is 30.7 Å². The van der Waals surface area contributed by atoms with Crippen LogP contribution >= 0.6 is 0 Å². The number of carboxylic acids is 1. The molecule has 178 valence electrons. The molecule has 2 atom stereocenters. The number of rotatable bonds is 5. The van der Waals surface area contributed by atoms with Gasteiger partial charge in [-0.25, -0.2) is 0 Å². The van der Waals surface area contributed by atoms with E-state index in [1.165, 1.54) is 12.1 Å². The van der Waals surface area contributed by atoms with Gasteiger partial charge in [-0.3, -0.25) is 14.3 Å². The van der Waals surface area contributed by atoms with E-state index in [9.17, 15) is 27.9 Å². The molecule has 2 unspecified atom stereocenters. The number of nitrogens with zero attached hydrogens (tertiary/aromatic N) is 2. The molecule has 2 N–H and O–H groups in total. The number of aliphatic carboxylic acids is 1. The number of fused-ring (bicyclic) bond motifs is 1. The van der Waals surface area contributed by atoms with Crippen molar-refractivity contribution in [3.05, 3.63) is 65.4 Å². The summed E-state index contributed by atoms with van der Waals surface area (Å²) in [6, 6.07) is 9.96. The van der Waals surface area contributed by atoms with Crippen molar-refractivity contribution >= 4 is 22.8 Å². The third kappa shape index (κ3) is 3.93. The molecule has 6 nitrogen and oxygen atoms in total. The van der Waals surface area contributed by atoms with Crippen molar-refractivity contribution in [2.45, 2.75) is 50.9 Å². The van der Waals surface area contributed by atoms with Gasteiger partial charge < -0.3 is 10.4 Å². The van der Waals surface area contributed by atoms with Gasteiger partial charge in [0.05, 0.1) is 35.3 Å². The zero-order chi connectivity index (χ0) is 24.1. The summed E-state index contributed by atoms with van der Waals surface area (Å²) in [5.41, 5.74) is 0.545. The van der Waals surface area contributed by atoms with Crippen LogP contribution in [0.1, 0.15) is 53.6 Å². The minimum absolute atomic E-state index is 0.198. The lowest BCUT2D eigenvalue weighted by atomic mass is 9.72. The predicted molar refractivity (Wildman–Crippen MR) is 118 cm³/mol. The van der Waals surface area contributed by atoms with Gasteiger partial charge in [0.25, 0.3) is 5.91 Å². The van der Waals surface area contributed by atoms with Crippen molar-refractivity contribution in [1.29, 1.82) is 0 Å². The summed E-state index contributed by atoms with van der Waals surface area (Å²) < 4.78 is 40.2. The average Bonchev–Trinajstić information content (AvgIpc) is 3.47. The fourth-order valence-corrected chi connectivity index (χ4v) is 5.42. The fraction of sp³-hybridized carbons (Fsp3) is 0.400. The van der Waals surface area contributed by atoms with Crippen LogP contribution in [-0.2, 0) is 17.5 Å². The van der Waals surface area contributed by atoms with E-state index in [4.69, 9.17) is 0 Å². The number of hydrogen-bond donors (Lipinski definition) is 2. The first-order valence-electron chi connectivity index (χ1n) is 11.3. The number of amides is 1. The molecule has 1 aromatic heterocycles. The maximum atomic E-state index is 13.4. The molecule has 2 aliphatic carbocycles. The van der Waals surface area contributed by atoms with Gasteiger partial charge in [0.2, 0.25) is 0 Å². The third-order valence-electron chi connectivity index (χ3n) is 7.32. The van der Waals surface area contributed by atoms with Gasteiger partial charge in [-0.15, -0.1) is 0 Å². The Labute approximate surface area is 193 Å². The van der Waals surface area contributed by atoms with Gasteiger partial charge >= 0.3 is 12.1 Å². The second-order valence-electron chi connectivity index (χ2n) is 9.32. The molecule has 1 amide bonds. The maximum absolute atomic E-state index is 13.4. The summed E-state index contributed by atoms with van der Waals surface area (Å²) in [5.74, 6) is -1.53. The SMILES string of the molecule is O=C(NC1CCCC(C(=O)O)C12CC2)c1cccc2cnn(Cc3ccc(C(F)(F)F)cc3)c12. The molecule has 0 radical (unpaired) electrons. The Balaban J connectivity index is 1.41. The molecular formula is C25H24F3N3O3. The zero-order valence-electron chi connectivity index (χ0n) is 18.3. The van der Waals surface area contributed by atoms with Crippen molar-refractivity contribution in [3.8, 4) is 0 Å². The van der Waals surface area contributed by atoms with E-state index in [-0.39, 0.29) is 23.9 Å². The largest absolute Gasteiger partial charge is 0.481 e. The minimum Gasteiger partial charge on any atom is -0.481 e. The topological polar surface area (TPSA) is 84.2 Å². The van der Waals surface area contributed by atoms with Gasteiger partial charge in [0.1, 0.15) is 0 Å². The molecule has 1 heterocycles. The summed E-state index contributed by atoms with van der Waals surface area (Å²) in [6.07, 6.45) is 0.947. The quantitative estimate of drug-likeness (QED) is 0.556. The van der Waals surface area contributed by atoms with E-state index in [2.05, 4.69) is 10.4 Å². The number of benzene rings is 2. The standard InChI is InChI=1S/C25H24F3N3O3/c26-25(27,28)17-9-7-15(8-10-17)14-31-21-16(13-29-31)3-1-4-18(21)22(32)30-20-6-2-5-19(23(33)34)24(20)11-12-24/h1,3-4,7-10,13,19-20H,2,5-6,11-12,14H2,(H,30,32)(H,33,34). The number of carbonyl (C=O) groups excluding carboxylic acids is 1. The van der Waals surface area contributed by atoms with Crippen molar-refractivity contribution < 1.29 is 27.9 Å². The van der Waals surface area contributed by atoms with Crippen LogP contribution in [0.5, 0.6) is 0 Å². The molecule has 2 fully saturated rings. The highest BCUT2D eigenvalue weighted by atomic mass is 19.4. The summed E-state index contributed by atoms with van der Waals surface area (Å²) in [5, 5.41) is 17.9. The first-order chi connectivity index (χ1) is 16.2. The van der Waals surface area contributed by atoms with Crippen LogP contribution < -0.4 is 5.32 Å². The lowest BCUT2D eigenvalue weighted by molar-refractivity contribution is -0.146. The van der Waals surface area contributed by atoms with Crippen LogP contribution in [0, 0.1) is 11.3 Å². The molecule has 0 aliphatic heterocycles. The molecule has 0 bridgehead atoms. The summed E-state index contributed by atoms with van der Waals surface area (Å²) >= 11 is 0. The first-order valence-corrected chi connectivity index (χ1v) is 11.3. The number of alkyl halides is 3. The second kappa shape index (κ2) is 8.14. The summed E-state index contributed by atoms with van der Waals surface area (Å²) in [7, 11) is 0. The minimum atomic E-state index is -4.40. The van der Waals surface area contributed by atoms with E-state index in [0.717, 1.165) is 43.2 Å². The van der Waals surface area contributed by atoms with Crippen molar-refractivity contribution in [1.82, 2.24) is 15.1 Å². The lowest BCUT2D eigenvalue weighted by Gasteiger charge is -2.37. The van der Waals surface area contributed by atoms with Crippen molar-refractivity contribution in [3.63, 3.8) is 0 Å². The number of hydrogen-bond acceptors (Lipinski definition) is 3.